The molecule has 1 atom stereocenters. The standard InChI is InChI=1S/C16H22N2O2S/c1-12(11-13-5-3-2-4-6-13)18-15(19)16(14(17)21)7-9-20-10-8-16/h2-6,12H,7-11H2,1H3,(H2,17,21)(H,18,19). The monoisotopic (exact) mass is 306 g/mol. The van der Waals surface area contributed by atoms with E-state index in [-0.39, 0.29) is 16.9 Å². The normalized spacial score (nSPS) is 18.7. The van der Waals surface area contributed by atoms with Crippen molar-refractivity contribution in [2.75, 3.05) is 13.2 Å². The zero-order chi connectivity index (χ0) is 15.3. The molecule has 4 nitrogen and oxygen atoms in total. The van der Waals surface area contributed by atoms with Crippen LogP contribution in [0.15, 0.2) is 30.3 Å². The number of carbonyl (C=O) groups excluding carboxylic acids is 1. The smallest absolute Gasteiger partial charge is 0.233 e. The molecule has 0 bridgehead atoms. The lowest BCUT2D eigenvalue weighted by Gasteiger charge is -2.35. The molecule has 1 aromatic rings. The van der Waals surface area contributed by atoms with Crippen molar-refractivity contribution in [3.63, 3.8) is 0 Å². The average Bonchev–Trinajstić information content (AvgIpc) is 2.48. The van der Waals surface area contributed by atoms with Crippen molar-refractivity contribution in [3.05, 3.63) is 35.9 Å². The first-order chi connectivity index (χ1) is 10.0. The van der Waals surface area contributed by atoms with E-state index in [1.54, 1.807) is 0 Å². The summed E-state index contributed by atoms with van der Waals surface area (Å²) in [6.07, 6.45) is 1.91. The molecule has 1 aromatic carbocycles. The van der Waals surface area contributed by atoms with E-state index in [2.05, 4.69) is 17.4 Å². The van der Waals surface area contributed by atoms with Gasteiger partial charge < -0.3 is 15.8 Å². The van der Waals surface area contributed by atoms with Crippen LogP contribution in [0.4, 0.5) is 0 Å². The highest BCUT2D eigenvalue weighted by Gasteiger charge is 2.43. The van der Waals surface area contributed by atoms with Crippen LogP contribution in [-0.2, 0) is 16.0 Å². The molecule has 0 aromatic heterocycles. The minimum Gasteiger partial charge on any atom is -0.392 e. The van der Waals surface area contributed by atoms with E-state index >= 15 is 0 Å². The van der Waals surface area contributed by atoms with Gasteiger partial charge in [-0.15, -0.1) is 0 Å². The molecule has 21 heavy (non-hydrogen) atoms. The van der Waals surface area contributed by atoms with E-state index in [0.29, 0.717) is 26.1 Å². The van der Waals surface area contributed by atoms with Crippen LogP contribution in [0.3, 0.4) is 0 Å². The first kappa shape index (κ1) is 15.9. The molecule has 114 valence electrons. The van der Waals surface area contributed by atoms with Gasteiger partial charge in [0.15, 0.2) is 0 Å². The summed E-state index contributed by atoms with van der Waals surface area (Å²) in [5.74, 6) is -0.0678. The maximum Gasteiger partial charge on any atom is 0.233 e. The summed E-state index contributed by atoms with van der Waals surface area (Å²) in [4.78, 5) is 12.9. The number of nitrogens with two attached hydrogens (primary N) is 1. The third-order valence-electron chi connectivity index (χ3n) is 4.01. The molecule has 2 rings (SSSR count). The molecule has 0 radical (unpaired) electrons. The highest BCUT2D eigenvalue weighted by molar-refractivity contribution is 7.80. The Bertz CT molecular complexity index is 498. The Balaban J connectivity index is 2.00. The van der Waals surface area contributed by atoms with Gasteiger partial charge in [-0.1, -0.05) is 42.5 Å². The van der Waals surface area contributed by atoms with Gasteiger partial charge in [0, 0.05) is 19.3 Å². The maximum atomic E-state index is 12.6. The molecule has 3 N–H and O–H groups in total. The van der Waals surface area contributed by atoms with Gasteiger partial charge in [-0.05, 0) is 31.7 Å². The molecule has 0 aliphatic carbocycles. The molecule has 0 saturated carbocycles. The van der Waals surface area contributed by atoms with Gasteiger partial charge in [-0.25, -0.2) is 0 Å². The van der Waals surface area contributed by atoms with Gasteiger partial charge in [0.2, 0.25) is 5.91 Å². The Morgan fingerprint density at radius 2 is 2.00 bits per heavy atom. The minimum atomic E-state index is -0.751. The Kier molecular flexibility index (Phi) is 5.31. The van der Waals surface area contributed by atoms with Crippen molar-refractivity contribution >= 4 is 23.1 Å². The summed E-state index contributed by atoms with van der Waals surface area (Å²) < 4.78 is 5.33. The topological polar surface area (TPSA) is 64.4 Å². The molecular weight excluding hydrogens is 284 g/mol. The van der Waals surface area contributed by atoms with Crippen LogP contribution in [0.5, 0.6) is 0 Å². The van der Waals surface area contributed by atoms with Crippen molar-refractivity contribution in [1.82, 2.24) is 5.32 Å². The van der Waals surface area contributed by atoms with Crippen molar-refractivity contribution in [2.45, 2.75) is 32.2 Å². The predicted molar refractivity (Wildman–Crippen MR) is 87.0 cm³/mol. The summed E-state index contributed by atoms with van der Waals surface area (Å²) in [5, 5.41) is 3.06. The largest absolute Gasteiger partial charge is 0.392 e. The molecule has 1 aliphatic rings. The first-order valence-corrected chi connectivity index (χ1v) is 7.68. The summed E-state index contributed by atoms with van der Waals surface area (Å²) in [7, 11) is 0. The van der Waals surface area contributed by atoms with Crippen LogP contribution < -0.4 is 11.1 Å². The highest BCUT2D eigenvalue weighted by atomic mass is 32.1. The van der Waals surface area contributed by atoms with E-state index in [1.807, 2.05) is 25.1 Å². The number of hydrogen-bond donors (Lipinski definition) is 2. The molecule has 1 aliphatic heterocycles. The summed E-state index contributed by atoms with van der Waals surface area (Å²) in [5.41, 5.74) is 6.29. The highest BCUT2D eigenvalue weighted by Crippen LogP contribution is 2.31. The van der Waals surface area contributed by atoms with Gasteiger partial charge in [-0.3, -0.25) is 4.79 Å². The van der Waals surface area contributed by atoms with Crippen molar-refractivity contribution < 1.29 is 9.53 Å². The lowest BCUT2D eigenvalue weighted by atomic mass is 9.79. The van der Waals surface area contributed by atoms with Crippen molar-refractivity contribution in [2.24, 2.45) is 11.1 Å². The van der Waals surface area contributed by atoms with Gasteiger partial charge in [0.1, 0.15) is 5.41 Å². The van der Waals surface area contributed by atoms with Crippen molar-refractivity contribution in [1.29, 1.82) is 0 Å². The number of amides is 1. The zero-order valence-electron chi connectivity index (χ0n) is 12.3. The van der Waals surface area contributed by atoms with Crippen LogP contribution in [0.25, 0.3) is 0 Å². The second kappa shape index (κ2) is 7.00. The number of ether oxygens (including phenoxy) is 1. The molecule has 0 spiro atoms. The predicted octanol–water partition coefficient (Wildman–Crippen LogP) is 1.82. The van der Waals surface area contributed by atoms with Gasteiger partial charge in [0.25, 0.3) is 0 Å². The van der Waals surface area contributed by atoms with Gasteiger partial charge in [0.05, 0.1) is 4.99 Å². The average molecular weight is 306 g/mol. The fraction of sp³-hybridized carbons (Fsp3) is 0.500. The Morgan fingerprint density at radius 3 is 2.57 bits per heavy atom. The van der Waals surface area contributed by atoms with E-state index in [1.165, 1.54) is 5.56 Å². The molecule has 1 heterocycles. The zero-order valence-corrected chi connectivity index (χ0v) is 13.1. The van der Waals surface area contributed by atoms with E-state index in [9.17, 15) is 4.79 Å². The van der Waals surface area contributed by atoms with E-state index in [4.69, 9.17) is 22.7 Å². The fourth-order valence-corrected chi connectivity index (χ4v) is 2.98. The molecule has 1 unspecified atom stereocenters. The molecular formula is C16H22N2O2S. The van der Waals surface area contributed by atoms with E-state index in [0.717, 1.165) is 6.42 Å². The van der Waals surface area contributed by atoms with Crippen LogP contribution in [0.1, 0.15) is 25.3 Å². The second-order valence-corrected chi connectivity index (χ2v) is 6.06. The SMILES string of the molecule is CC(Cc1ccccc1)NC(=O)C1(C(N)=S)CCOCC1. The third kappa shape index (κ3) is 3.80. The van der Waals surface area contributed by atoms with Crippen molar-refractivity contribution in [3.8, 4) is 0 Å². The van der Waals surface area contributed by atoms with Crippen LogP contribution in [0, 0.1) is 5.41 Å². The molecule has 1 amide bonds. The Morgan fingerprint density at radius 1 is 1.38 bits per heavy atom. The second-order valence-electron chi connectivity index (χ2n) is 5.62. The summed E-state index contributed by atoms with van der Waals surface area (Å²) in [6, 6.07) is 10.1. The summed E-state index contributed by atoms with van der Waals surface area (Å²) in [6.45, 7) is 3.05. The molecule has 5 heteroatoms. The van der Waals surface area contributed by atoms with Crippen LogP contribution in [-0.4, -0.2) is 30.2 Å². The Labute approximate surface area is 131 Å². The van der Waals surface area contributed by atoms with E-state index < -0.39 is 5.41 Å². The third-order valence-corrected chi connectivity index (χ3v) is 4.41. The Hall–Kier alpha value is -1.46. The number of rotatable bonds is 5. The number of nitrogens with one attached hydrogen (secondary N) is 1. The fourth-order valence-electron chi connectivity index (χ4n) is 2.69. The lowest BCUT2D eigenvalue weighted by molar-refractivity contribution is -0.132. The number of thiocarbonyl (C=S) groups is 1. The number of carbonyl (C=O) groups is 1. The van der Waals surface area contributed by atoms with Crippen LogP contribution >= 0.6 is 12.2 Å². The van der Waals surface area contributed by atoms with Crippen LogP contribution in [0.2, 0.25) is 0 Å². The molecule has 1 fully saturated rings. The number of benzene rings is 1. The van der Waals surface area contributed by atoms with Gasteiger partial charge >= 0.3 is 0 Å². The maximum absolute atomic E-state index is 12.6. The summed E-state index contributed by atoms with van der Waals surface area (Å²) >= 11 is 5.15. The quantitative estimate of drug-likeness (QED) is 0.815. The van der Waals surface area contributed by atoms with Gasteiger partial charge in [-0.2, -0.15) is 0 Å². The minimum absolute atomic E-state index is 0.0361. The first-order valence-electron chi connectivity index (χ1n) is 7.27. The molecule has 1 saturated heterocycles. The lowest BCUT2D eigenvalue weighted by Crippen LogP contribution is -2.53. The number of hydrogen-bond acceptors (Lipinski definition) is 3.